The number of hydrogen-bond acceptors (Lipinski definition) is 4. The van der Waals surface area contributed by atoms with Crippen LogP contribution in [0.2, 0.25) is 0 Å². The Morgan fingerprint density at radius 3 is 2.28 bits per heavy atom. The molecule has 0 spiro atoms. The number of ether oxygens (including phenoxy) is 1. The Bertz CT molecular complexity index is 940. The summed E-state index contributed by atoms with van der Waals surface area (Å²) < 4.78 is 5.29. The van der Waals surface area contributed by atoms with Crippen LogP contribution in [-0.4, -0.2) is 36.6 Å². The van der Waals surface area contributed by atoms with E-state index in [2.05, 4.69) is 58.5 Å². The van der Waals surface area contributed by atoms with Crippen molar-refractivity contribution in [1.29, 1.82) is 0 Å². The lowest BCUT2D eigenvalue weighted by atomic mass is 9.89. The highest BCUT2D eigenvalue weighted by atomic mass is 16.5. The zero-order valence-electron chi connectivity index (χ0n) is 22.4. The predicted molar refractivity (Wildman–Crippen MR) is 151 cm³/mol. The number of unbranched alkanes of at least 4 members (excludes halogenated alkanes) is 4. The molecule has 194 valence electrons. The highest BCUT2D eigenvalue weighted by molar-refractivity contribution is 5.33. The molecule has 1 aromatic heterocycles. The molecule has 1 aliphatic heterocycles. The number of methoxy groups -OCH3 is 1. The van der Waals surface area contributed by atoms with Crippen LogP contribution in [0.4, 0.5) is 0 Å². The third kappa shape index (κ3) is 10.1. The number of pyridine rings is 1. The van der Waals surface area contributed by atoms with Gasteiger partial charge in [-0.1, -0.05) is 87.2 Å². The quantitative estimate of drug-likeness (QED) is 0.274. The molecule has 3 aromatic rings. The van der Waals surface area contributed by atoms with E-state index in [4.69, 9.17) is 4.74 Å². The van der Waals surface area contributed by atoms with Crippen molar-refractivity contribution >= 4 is 0 Å². The molecule has 36 heavy (non-hydrogen) atoms. The molecule has 4 heteroatoms. The van der Waals surface area contributed by atoms with E-state index in [1.54, 1.807) is 18.9 Å². The molecular weight excluding hydrogens is 442 g/mol. The third-order valence-electron chi connectivity index (χ3n) is 6.98. The summed E-state index contributed by atoms with van der Waals surface area (Å²) in [6.45, 7) is 7.75. The van der Waals surface area contributed by atoms with Gasteiger partial charge in [0.15, 0.2) is 0 Å². The normalized spacial score (nSPS) is 14.2. The van der Waals surface area contributed by atoms with Crippen molar-refractivity contribution in [3.05, 3.63) is 95.8 Å². The number of rotatable bonds is 12. The van der Waals surface area contributed by atoms with E-state index < -0.39 is 0 Å². The molecule has 1 fully saturated rings. The van der Waals surface area contributed by atoms with Gasteiger partial charge in [-0.2, -0.15) is 0 Å². The molecule has 0 saturated carbocycles. The Labute approximate surface area is 219 Å². The van der Waals surface area contributed by atoms with Crippen molar-refractivity contribution in [2.75, 3.05) is 26.7 Å². The van der Waals surface area contributed by atoms with E-state index in [-0.39, 0.29) is 0 Å². The summed E-state index contributed by atoms with van der Waals surface area (Å²) in [5, 5.41) is 3.35. The molecule has 0 amide bonds. The van der Waals surface area contributed by atoms with Crippen LogP contribution in [0.1, 0.15) is 74.6 Å². The molecule has 1 saturated heterocycles. The predicted octanol–water partition coefficient (Wildman–Crippen LogP) is 7.22. The number of nitrogens with one attached hydrogen (secondary N) is 1. The zero-order valence-corrected chi connectivity index (χ0v) is 22.4. The van der Waals surface area contributed by atoms with Crippen LogP contribution in [0.5, 0.6) is 5.75 Å². The topological polar surface area (TPSA) is 37.4 Å². The first-order valence-corrected chi connectivity index (χ1v) is 13.8. The molecule has 2 heterocycles. The van der Waals surface area contributed by atoms with Gasteiger partial charge < -0.3 is 15.0 Å². The van der Waals surface area contributed by atoms with E-state index in [1.165, 1.54) is 64.6 Å². The summed E-state index contributed by atoms with van der Waals surface area (Å²) in [7, 11) is 1.69. The van der Waals surface area contributed by atoms with Crippen molar-refractivity contribution in [3.8, 4) is 5.75 Å². The van der Waals surface area contributed by atoms with Crippen molar-refractivity contribution in [3.63, 3.8) is 0 Å². The van der Waals surface area contributed by atoms with Crippen molar-refractivity contribution in [1.82, 2.24) is 15.2 Å². The Morgan fingerprint density at radius 2 is 1.56 bits per heavy atom. The molecule has 4 nitrogen and oxygen atoms in total. The van der Waals surface area contributed by atoms with E-state index in [0.717, 1.165) is 36.0 Å². The monoisotopic (exact) mass is 487 g/mol. The van der Waals surface area contributed by atoms with E-state index in [9.17, 15) is 0 Å². The fourth-order valence-electron chi connectivity index (χ4n) is 4.83. The lowest BCUT2D eigenvalue weighted by Gasteiger charge is -2.32. The summed E-state index contributed by atoms with van der Waals surface area (Å²) in [5.41, 5.74) is 3.75. The molecule has 4 rings (SSSR count). The van der Waals surface area contributed by atoms with Crippen LogP contribution in [0.25, 0.3) is 0 Å². The first-order chi connectivity index (χ1) is 17.8. The van der Waals surface area contributed by atoms with Crippen LogP contribution in [0.3, 0.4) is 0 Å². The summed E-state index contributed by atoms with van der Waals surface area (Å²) in [6, 6.07) is 25.0. The third-order valence-corrected chi connectivity index (χ3v) is 6.98. The number of para-hydroxylation sites is 1. The average molecular weight is 488 g/mol. The molecule has 2 aromatic carbocycles. The van der Waals surface area contributed by atoms with E-state index >= 15 is 0 Å². The van der Waals surface area contributed by atoms with Crippen molar-refractivity contribution in [2.24, 2.45) is 0 Å². The minimum atomic E-state index is 0.763. The van der Waals surface area contributed by atoms with E-state index in [1.807, 2.05) is 36.4 Å². The summed E-state index contributed by atoms with van der Waals surface area (Å²) in [5.74, 6) is 1.72. The maximum atomic E-state index is 5.29. The first kappa shape index (κ1) is 27.9. The second-order valence-electron chi connectivity index (χ2n) is 9.68. The summed E-state index contributed by atoms with van der Waals surface area (Å²) in [4.78, 5) is 6.93. The number of benzene rings is 2. The van der Waals surface area contributed by atoms with Gasteiger partial charge in [-0.25, -0.2) is 0 Å². The van der Waals surface area contributed by atoms with Gasteiger partial charge in [0, 0.05) is 24.8 Å². The van der Waals surface area contributed by atoms with Crippen LogP contribution in [0, 0.1) is 0 Å². The van der Waals surface area contributed by atoms with Crippen LogP contribution in [-0.2, 0) is 13.1 Å². The smallest absolute Gasteiger partial charge is 0.123 e. The van der Waals surface area contributed by atoms with Gasteiger partial charge in [-0.05, 0) is 68.6 Å². The Balaban J connectivity index is 0.000000202. The minimum absolute atomic E-state index is 0.763. The van der Waals surface area contributed by atoms with Gasteiger partial charge in [-0.3, -0.25) is 4.98 Å². The Hall–Kier alpha value is -2.69. The maximum Gasteiger partial charge on any atom is 0.123 e. The molecule has 1 N–H and O–H groups in total. The molecule has 1 aliphatic rings. The maximum absolute atomic E-state index is 5.29. The number of piperidine rings is 1. The number of likely N-dealkylation sites (tertiary alicyclic amines) is 1. The summed E-state index contributed by atoms with van der Waals surface area (Å²) >= 11 is 0. The Kier molecular flexibility index (Phi) is 13.1. The van der Waals surface area contributed by atoms with Gasteiger partial charge in [0.2, 0.25) is 0 Å². The molecule has 0 aliphatic carbocycles. The Morgan fingerprint density at radius 1 is 0.833 bits per heavy atom. The second kappa shape index (κ2) is 16.9. The van der Waals surface area contributed by atoms with E-state index in [0.29, 0.717) is 0 Å². The van der Waals surface area contributed by atoms with Gasteiger partial charge in [0.25, 0.3) is 0 Å². The minimum Gasteiger partial charge on any atom is -0.496 e. The number of nitrogens with zero attached hydrogens (tertiary/aromatic N) is 2. The largest absolute Gasteiger partial charge is 0.496 e. The van der Waals surface area contributed by atoms with Gasteiger partial charge in [0.05, 0.1) is 12.8 Å². The SMILES string of the molecule is CCCCCCCN1CCC(c2ccccc2)CC1.COc1ccccc1CNCc1ccccn1. The molecule has 0 atom stereocenters. The van der Waals surface area contributed by atoms with Gasteiger partial charge in [-0.15, -0.1) is 0 Å². The highest BCUT2D eigenvalue weighted by Gasteiger charge is 2.19. The van der Waals surface area contributed by atoms with Gasteiger partial charge >= 0.3 is 0 Å². The molecule has 0 bridgehead atoms. The van der Waals surface area contributed by atoms with Crippen molar-refractivity contribution < 1.29 is 4.74 Å². The summed E-state index contributed by atoms with van der Waals surface area (Å²) in [6.07, 6.45) is 11.5. The van der Waals surface area contributed by atoms with Crippen molar-refractivity contribution in [2.45, 2.75) is 70.9 Å². The number of hydrogen-bond donors (Lipinski definition) is 1. The molecular formula is C32H45N3O. The van der Waals surface area contributed by atoms with Crippen LogP contribution < -0.4 is 10.1 Å². The second-order valence-corrected chi connectivity index (χ2v) is 9.68. The lowest BCUT2D eigenvalue weighted by Crippen LogP contribution is -2.33. The average Bonchev–Trinajstić information content (AvgIpc) is 2.95. The fraction of sp³-hybridized carbons (Fsp3) is 0.469. The van der Waals surface area contributed by atoms with Crippen LogP contribution in [0.15, 0.2) is 79.0 Å². The molecule has 0 radical (unpaired) electrons. The van der Waals surface area contributed by atoms with Crippen LogP contribution >= 0.6 is 0 Å². The fourth-order valence-corrected chi connectivity index (χ4v) is 4.83. The highest BCUT2D eigenvalue weighted by Crippen LogP contribution is 2.27. The lowest BCUT2D eigenvalue weighted by molar-refractivity contribution is 0.208. The standard InChI is InChI=1S/C18H29N.C14H16N2O/c1-2-3-4-5-9-14-19-15-12-18(13-16-19)17-10-7-6-8-11-17;1-17-14-8-3-2-6-12(14)10-15-11-13-7-4-5-9-16-13/h6-8,10-11,18H,2-5,9,12-16H2,1H3;2-9,15H,10-11H2,1H3. The first-order valence-electron chi connectivity index (χ1n) is 13.8. The molecule has 0 unspecified atom stereocenters. The zero-order chi connectivity index (χ0) is 25.3. The van der Waals surface area contributed by atoms with Gasteiger partial charge in [0.1, 0.15) is 5.75 Å². The number of aromatic nitrogens is 1.